The smallest absolute Gasteiger partial charge is 0.124 e. The Morgan fingerprint density at radius 2 is 1.94 bits per heavy atom. The van der Waals surface area contributed by atoms with Crippen molar-refractivity contribution >= 4 is 33.9 Å². The van der Waals surface area contributed by atoms with Crippen LogP contribution in [0.3, 0.4) is 0 Å². The summed E-state index contributed by atoms with van der Waals surface area (Å²) in [6.45, 7) is 4.25. The van der Waals surface area contributed by atoms with Crippen molar-refractivity contribution in [2.24, 2.45) is 0 Å². The Hall–Kier alpha value is -0.460. The average molecular weight is 375 g/mol. The zero-order chi connectivity index (χ0) is 13.3. The maximum Gasteiger partial charge on any atom is 0.124 e. The predicted octanol–water partition coefficient (Wildman–Crippen LogP) is 4.42. The van der Waals surface area contributed by atoms with E-state index in [0.29, 0.717) is 0 Å². The number of nitrogens with one attached hydrogen (secondary N) is 1. The Morgan fingerprint density at radius 1 is 1.22 bits per heavy atom. The van der Waals surface area contributed by atoms with Crippen molar-refractivity contribution in [3.8, 4) is 0 Å². The molecule has 0 saturated carbocycles. The van der Waals surface area contributed by atoms with Gasteiger partial charge >= 0.3 is 0 Å². The van der Waals surface area contributed by atoms with Crippen LogP contribution in [0.4, 0.5) is 4.39 Å². The molecule has 1 aromatic heterocycles. The number of rotatable bonds is 3. The van der Waals surface area contributed by atoms with Crippen LogP contribution in [0.1, 0.15) is 26.9 Å². The Labute approximate surface area is 125 Å². The molecule has 0 aliphatic carbocycles. The largest absolute Gasteiger partial charge is 0.309 e. The molecule has 18 heavy (non-hydrogen) atoms. The Balaban J connectivity index is 2.48. The summed E-state index contributed by atoms with van der Waals surface area (Å²) in [7, 11) is 1.94. The van der Waals surface area contributed by atoms with Crippen molar-refractivity contribution in [3.63, 3.8) is 0 Å². The monoisotopic (exact) mass is 375 g/mol. The molecular formula is C14H15FINS. The molecule has 0 saturated heterocycles. The third-order valence-corrected chi connectivity index (χ3v) is 4.87. The van der Waals surface area contributed by atoms with Gasteiger partial charge in [0.15, 0.2) is 0 Å². The van der Waals surface area contributed by atoms with E-state index in [1.54, 1.807) is 17.4 Å². The molecule has 0 radical (unpaired) electrons. The second-order valence-corrected chi connectivity index (χ2v) is 6.88. The van der Waals surface area contributed by atoms with Crippen molar-refractivity contribution < 1.29 is 4.39 Å². The number of aryl methyl sites for hydroxylation is 2. The van der Waals surface area contributed by atoms with E-state index in [4.69, 9.17) is 0 Å². The zero-order valence-electron chi connectivity index (χ0n) is 10.6. The Bertz CT molecular complexity index is 565. The van der Waals surface area contributed by atoms with Gasteiger partial charge in [-0.3, -0.25) is 0 Å². The molecule has 0 fully saturated rings. The summed E-state index contributed by atoms with van der Waals surface area (Å²) in [5.41, 5.74) is 2.41. The number of hydrogen-bond acceptors (Lipinski definition) is 2. The third-order valence-electron chi connectivity index (χ3n) is 2.95. The minimum absolute atomic E-state index is 0.127. The molecule has 4 heteroatoms. The zero-order valence-corrected chi connectivity index (χ0v) is 13.5. The molecule has 0 aliphatic heterocycles. The molecule has 0 bridgehead atoms. The summed E-state index contributed by atoms with van der Waals surface area (Å²) in [6.07, 6.45) is 0. The minimum Gasteiger partial charge on any atom is -0.309 e. The number of hydrogen-bond donors (Lipinski definition) is 1. The number of thiophene rings is 1. The lowest BCUT2D eigenvalue weighted by atomic mass is 9.99. The minimum atomic E-state index is -0.184. The first-order valence-electron chi connectivity index (χ1n) is 5.72. The highest BCUT2D eigenvalue weighted by Gasteiger charge is 2.18. The molecule has 96 valence electrons. The standard InChI is InChI=1S/C14H15FINS/c1-8-6-12(9(2)18-8)14(17-3)11-5-4-10(15)7-13(11)16/h4-7,14,17H,1-3H3. The highest BCUT2D eigenvalue weighted by atomic mass is 127. The SMILES string of the molecule is CNC(c1ccc(F)cc1I)c1cc(C)sc1C. The summed E-state index contributed by atoms with van der Waals surface area (Å²) in [4.78, 5) is 2.62. The highest BCUT2D eigenvalue weighted by molar-refractivity contribution is 14.1. The average Bonchev–Trinajstić information content (AvgIpc) is 2.62. The van der Waals surface area contributed by atoms with E-state index in [1.807, 2.05) is 13.1 Å². The van der Waals surface area contributed by atoms with Gasteiger partial charge in [-0.25, -0.2) is 4.39 Å². The van der Waals surface area contributed by atoms with E-state index < -0.39 is 0 Å². The van der Waals surface area contributed by atoms with Crippen LogP contribution >= 0.6 is 33.9 Å². The van der Waals surface area contributed by atoms with Crippen LogP contribution in [-0.4, -0.2) is 7.05 Å². The first kappa shape index (κ1) is 14.0. The summed E-state index contributed by atoms with van der Waals surface area (Å²) >= 11 is 3.99. The van der Waals surface area contributed by atoms with Crippen LogP contribution in [0.5, 0.6) is 0 Å². The second-order valence-electron chi connectivity index (χ2n) is 4.26. The van der Waals surface area contributed by atoms with Crippen LogP contribution in [0, 0.1) is 23.2 Å². The van der Waals surface area contributed by atoms with Crippen LogP contribution in [-0.2, 0) is 0 Å². The highest BCUT2D eigenvalue weighted by Crippen LogP contribution is 2.32. The first-order chi connectivity index (χ1) is 8.52. The first-order valence-corrected chi connectivity index (χ1v) is 7.61. The van der Waals surface area contributed by atoms with Gasteiger partial charge in [-0.1, -0.05) is 6.07 Å². The van der Waals surface area contributed by atoms with Crippen LogP contribution in [0.2, 0.25) is 0 Å². The van der Waals surface area contributed by atoms with Gasteiger partial charge in [-0.05, 0) is 72.8 Å². The van der Waals surface area contributed by atoms with Gasteiger partial charge in [0.1, 0.15) is 5.82 Å². The maximum absolute atomic E-state index is 13.2. The Morgan fingerprint density at radius 3 is 2.44 bits per heavy atom. The lowest BCUT2D eigenvalue weighted by Gasteiger charge is -2.18. The normalized spacial score (nSPS) is 12.7. The molecule has 1 aromatic carbocycles. The van der Waals surface area contributed by atoms with Crippen molar-refractivity contribution in [2.75, 3.05) is 7.05 Å². The summed E-state index contributed by atoms with van der Waals surface area (Å²) in [5.74, 6) is -0.184. The summed E-state index contributed by atoms with van der Waals surface area (Å²) in [6, 6.07) is 7.30. The molecule has 1 heterocycles. The van der Waals surface area contributed by atoms with Gasteiger partial charge in [-0.15, -0.1) is 11.3 Å². The lowest BCUT2D eigenvalue weighted by molar-refractivity contribution is 0.621. The van der Waals surface area contributed by atoms with Crippen molar-refractivity contribution in [3.05, 3.63) is 54.5 Å². The second kappa shape index (κ2) is 5.67. The summed E-state index contributed by atoms with van der Waals surface area (Å²) < 4.78 is 14.1. The third kappa shape index (κ3) is 2.75. The maximum atomic E-state index is 13.2. The van der Waals surface area contributed by atoms with Gasteiger partial charge in [0, 0.05) is 13.3 Å². The molecule has 0 amide bonds. The predicted molar refractivity (Wildman–Crippen MR) is 83.8 cm³/mol. The van der Waals surface area contributed by atoms with Crippen molar-refractivity contribution in [1.29, 1.82) is 0 Å². The molecule has 1 unspecified atom stereocenters. The van der Waals surface area contributed by atoms with E-state index in [2.05, 4.69) is 47.8 Å². The van der Waals surface area contributed by atoms with Gasteiger partial charge in [0.2, 0.25) is 0 Å². The number of benzene rings is 1. The van der Waals surface area contributed by atoms with E-state index >= 15 is 0 Å². The number of halogens is 2. The quantitative estimate of drug-likeness (QED) is 0.784. The Kier molecular flexibility index (Phi) is 4.40. The van der Waals surface area contributed by atoms with Crippen LogP contribution in [0.25, 0.3) is 0 Å². The molecule has 0 spiro atoms. The fourth-order valence-corrected chi connectivity index (χ4v) is 3.90. The molecule has 2 aromatic rings. The lowest BCUT2D eigenvalue weighted by Crippen LogP contribution is -2.19. The summed E-state index contributed by atoms with van der Waals surface area (Å²) in [5, 5.41) is 3.33. The van der Waals surface area contributed by atoms with Crippen molar-refractivity contribution in [2.45, 2.75) is 19.9 Å². The van der Waals surface area contributed by atoms with Gasteiger partial charge in [-0.2, -0.15) is 0 Å². The molecule has 1 nitrogen and oxygen atoms in total. The van der Waals surface area contributed by atoms with Gasteiger partial charge < -0.3 is 5.32 Å². The van der Waals surface area contributed by atoms with Crippen molar-refractivity contribution in [1.82, 2.24) is 5.32 Å². The van der Waals surface area contributed by atoms with Crippen LogP contribution in [0.15, 0.2) is 24.3 Å². The van der Waals surface area contributed by atoms with Gasteiger partial charge in [0.05, 0.1) is 6.04 Å². The van der Waals surface area contributed by atoms with Gasteiger partial charge in [0.25, 0.3) is 0 Å². The van der Waals surface area contributed by atoms with E-state index in [1.165, 1.54) is 21.4 Å². The fourth-order valence-electron chi connectivity index (χ4n) is 2.15. The van der Waals surface area contributed by atoms with E-state index in [-0.39, 0.29) is 11.9 Å². The molecule has 0 aliphatic rings. The van der Waals surface area contributed by atoms with E-state index in [0.717, 1.165) is 9.13 Å². The molecule has 1 atom stereocenters. The fraction of sp³-hybridized carbons (Fsp3) is 0.286. The topological polar surface area (TPSA) is 12.0 Å². The molecule has 2 rings (SSSR count). The van der Waals surface area contributed by atoms with Crippen LogP contribution < -0.4 is 5.32 Å². The molecular weight excluding hydrogens is 360 g/mol. The molecule has 1 N–H and O–H groups in total. The van der Waals surface area contributed by atoms with E-state index in [9.17, 15) is 4.39 Å².